The lowest BCUT2D eigenvalue weighted by Crippen LogP contribution is -2.24. The minimum atomic E-state index is -0.361. The van der Waals surface area contributed by atoms with E-state index in [0.29, 0.717) is 28.8 Å². The molecule has 0 aliphatic carbocycles. The van der Waals surface area contributed by atoms with Crippen LogP contribution in [-0.4, -0.2) is 29.7 Å². The number of benzene rings is 3. The Hall–Kier alpha value is -3.73. The number of rotatable bonds is 4. The second kappa shape index (κ2) is 7.12. The Morgan fingerprint density at radius 1 is 0.857 bits per heavy atom. The van der Waals surface area contributed by atoms with E-state index in [9.17, 15) is 14.4 Å². The number of hydrogen-bond donors (Lipinski definition) is 1. The van der Waals surface area contributed by atoms with E-state index >= 15 is 0 Å². The molecule has 28 heavy (non-hydrogen) atoms. The standard InChI is InChI=1S/C23H18N2O3/c1-25-22(27)19-12-11-17(14-20(19)23(25)28)24-21(26)18-10-6-5-9-16(18)13-15-7-3-2-4-8-15/h2-12,14H,13H2,1H3,(H,24,26). The van der Waals surface area contributed by atoms with Gasteiger partial charge in [0.05, 0.1) is 11.1 Å². The third-order valence-electron chi connectivity index (χ3n) is 4.85. The van der Waals surface area contributed by atoms with E-state index in [1.807, 2.05) is 48.5 Å². The first-order chi connectivity index (χ1) is 13.5. The van der Waals surface area contributed by atoms with E-state index in [-0.39, 0.29) is 17.7 Å². The van der Waals surface area contributed by atoms with Gasteiger partial charge in [-0.05, 0) is 41.8 Å². The summed E-state index contributed by atoms with van der Waals surface area (Å²) in [7, 11) is 1.45. The molecule has 0 spiro atoms. The topological polar surface area (TPSA) is 66.5 Å². The minimum Gasteiger partial charge on any atom is -0.322 e. The Morgan fingerprint density at radius 2 is 1.54 bits per heavy atom. The predicted octanol–water partition coefficient (Wildman–Crippen LogP) is 3.76. The summed E-state index contributed by atoms with van der Waals surface area (Å²) in [5.41, 5.74) is 3.75. The van der Waals surface area contributed by atoms with E-state index in [1.165, 1.54) is 7.05 Å². The zero-order valence-corrected chi connectivity index (χ0v) is 15.3. The van der Waals surface area contributed by atoms with Crippen LogP contribution < -0.4 is 5.32 Å². The van der Waals surface area contributed by atoms with E-state index in [2.05, 4.69) is 5.32 Å². The van der Waals surface area contributed by atoms with Gasteiger partial charge in [0.15, 0.2) is 0 Å². The summed E-state index contributed by atoms with van der Waals surface area (Å²) in [6.07, 6.45) is 0.645. The molecule has 1 aliphatic rings. The van der Waals surface area contributed by atoms with Crippen molar-refractivity contribution in [2.24, 2.45) is 0 Å². The number of nitrogens with one attached hydrogen (secondary N) is 1. The quantitative estimate of drug-likeness (QED) is 0.711. The van der Waals surface area contributed by atoms with Crippen molar-refractivity contribution < 1.29 is 14.4 Å². The molecule has 1 aliphatic heterocycles. The molecule has 0 radical (unpaired) electrons. The molecule has 5 nitrogen and oxygen atoms in total. The van der Waals surface area contributed by atoms with Crippen LogP contribution >= 0.6 is 0 Å². The smallest absolute Gasteiger partial charge is 0.261 e. The number of anilines is 1. The molecule has 3 aromatic carbocycles. The van der Waals surface area contributed by atoms with E-state index < -0.39 is 0 Å². The first kappa shape index (κ1) is 17.7. The molecule has 3 aromatic rings. The number of carbonyl (C=O) groups excluding carboxylic acids is 3. The Balaban J connectivity index is 1.59. The van der Waals surface area contributed by atoms with Crippen LogP contribution in [0.1, 0.15) is 42.2 Å². The summed E-state index contributed by atoms with van der Waals surface area (Å²) < 4.78 is 0. The van der Waals surface area contributed by atoms with Gasteiger partial charge in [0.1, 0.15) is 0 Å². The van der Waals surface area contributed by atoms with Crippen LogP contribution in [0.3, 0.4) is 0 Å². The van der Waals surface area contributed by atoms with Crippen LogP contribution in [0.2, 0.25) is 0 Å². The van der Waals surface area contributed by atoms with E-state index in [1.54, 1.807) is 24.3 Å². The lowest BCUT2D eigenvalue weighted by atomic mass is 9.99. The average Bonchev–Trinajstić information content (AvgIpc) is 2.93. The molecular weight excluding hydrogens is 352 g/mol. The minimum absolute atomic E-state index is 0.253. The number of carbonyl (C=O) groups is 3. The zero-order chi connectivity index (χ0) is 19.7. The molecule has 0 atom stereocenters. The maximum absolute atomic E-state index is 12.9. The van der Waals surface area contributed by atoms with Gasteiger partial charge in [-0.2, -0.15) is 0 Å². The summed E-state index contributed by atoms with van der Waals surface area (Å²) in [5, 5.41) is 2.84. The van der Waals surface area contributed by atoms with E-state index in [0.717, 1.165) is 16.0 Å². The number of hydrogen-bond acceptors (Lipinski definition) is 3. The molecule has 3 amide bonds. The van der Waals surface area contributed by atoms with Gasteiger partial charge in [-0.3, -0.25) is 19.3 Å². The number of nitrogens with zero attached hydrogens (tertiary/aromatic N) is 1. The lowest BCUT2D eigenvalue weighted by Gasteiger charge is -2.11. The van der Waals surface area contributed by atoms with Crippen LogP contribution in [0, 0.1) is 0 Å². The Kier molecular flexibility index (Phi) is 4.49. The largest absolute Gasteiger partial charge is 0.322 e. The molecule has 0 saturated heterocycles. The van der Waals surface area contributed by atoms with Crippen molar-refractivity contribution in [2.45, 2.75) is 6.42 Å². The maximum Gasteiger partial charge on any atom is 0.261 e. The Bertz CT molecular complexity index is 1090. The summed E-state index contributed by atoms with van der Waals surface area (Å²) in [6.45, 7) is 0. The molecule has 0 unspecified atom stereocenters. The predicted molar refractivity (Wildman–Crippen MR) is 107 cm³/mol. The van der Waals surface area contributed by atoms with Crippen LogP contribution in [-0.2, 0) is 6.42 Å². The summed E-state index contributed by atoms with van der Waals surface area (Å²) in [4.78, 5) is 38.1. The van der Waals surface area contributed by atoms with Crippen molar-refractivity contribution in [2.75, 3.05) is 12.4 Å². The fourth-order valence-corrected chi connectivity index (χ4v) is 3.35. The summed E-state index contributed by atoms with van der Waals surface area (Å²) in [5.74, 6) is -0.941. The fraction of sp³-hybridized carbons (Fsp3) is 0.0870. The molecular formula is C23H18N2O3. The van der Waals surface area contributed by atoms with Crippen molar-refractivity contribution in [1.29, 1.82) is 0 Å². The van der Waals surface area contributed by atoms with Crippen LogP contribution in [0.25, 0.3) is 0 Å². The first-order valence-electron chi connectivity index (χ1n) is 8.94. The molecule has 1 heterocycles. The number of amides is 3. The van der Waals surface area contributed by atoms with Gasteiger partial charge in [-0.15, -0.1) is 0 Å². The van der Waals surface area contributed by atoms with Gasteiger partial charge in [0.25, 0.3) is 17.7 Å². The van der Waals surface area contributed by atoms with Crippen LogP contribution in [0.15, 0.2) is 72.8 Å². The molecule has 5 heteroatoms. The third-order valence-corrected chi connectivity index (χ3v) is 4.85. The highest BCUT2D eigenvalue weighted by Gasteiger charge is 2.32. The Morgan fingerprint density at radius 3 is 2.32 bits per heavy atom. The summed E-state index contributed by atoms with van der Waals surface area (Å²) in [6, 6.07) is 22.2. The average molecular weight is 370 g/mol. The van der Waals surface area contributed by atoms with Crippen LogP contribution in [0.5, 0.6) is 0 Å². The first-order valence-corrected chi connectivity index (χ1v) is 8.94. The lowest BCUT2D eigenvalue weighted by molar-refractivity contribution is 0.0692. The van der Waals surface area contributed by atoms with Gasteiger partial charge >= 0.3 is 0 Å². The molecule has 4 rings (SSSR count). The zero-order valence-electron chi connectivity index (χ0n) is 15.3. The summed E-state index contributed by atoms with van der Waals surface area (Å²) >= 11 is 0. The highest BCUT2D eigenvalue weighted by molar-refractivity contribution is 6.21. The monoisotopic (exact) mass is 370 g/mol. The third kappa shape index (κ3) is 3.18. The molecule has 138 valence electrons. The second-order valence-corrected chi connectivity index (χ2v) is 6.70. The Labute approximate surface area is 162 Å². The second-order valence-electron chi connectivity index (χ2n) is 6.70. The number of fused-ring (bicyclic) bond motifs is 1. The molecule has 0 saturated carbocycles. The van der Waals surface area contributed by atoms with Crippen molar-refractivity contribution in [3.63, 3.8) is 0 Å². The SMILES string of the molecule is CN1C(=O)c2ccc(NC(=O)c3ccccc3Cc3ccccc3)cc2C1=O. The van der Waals surface area contributed by atoms with Crippen molar-refractivity contribution in [3.05, 3.63) is 101 Å². The van der Waals surface area contributed by atoms with Gasteiger partial charge < -0.3 is 5.32 Å². The van der Waals surface area contributed by atoms with Gasteiger partial charge in [-0.25, -0.2) is 0 Å². The van der Waals surface area contributed by atoms with E-state index in [4.69, 9.17) is 0 Å². The molecule has 0 fully saturated rings. The molecule has 1 N–H and O–H groups in total. The van der Waals surface area contributed by atoms with Gasteiger partial charge in [0.2, 0.25) is 0 Å². The van der Waals surface area contributed by atoms with Crippen molar-refractivity contribution >= 4 is 23.4 Å². The van der Waals surface area contributed by atoms with Gasteiger partial charge in [0, 0.05) is 18.3 Å². The molecule has 0 bridgehead atoms. The fourth-order valence-electron chi connectivity index (χ4n) is 3.35. The highest BCUT2D eigenvalue weighted by atomic mass is 16.2. The normalized spacial score (nSPS) is 12.8. The van der Waals surface area contributed by atoms with Crippen LogP contribution in [0.4, 0.5) is 5.69 Å². The highest BCUT2D eigenvalue weighted by Crippen LogP contribution is 2.25. The molecule has 0 aromatic heterocycles. The van der Waals surface area contributed by atoms with Crippen molar-refractivity contribution in [3.8, 4) is 0 Å². The number of imide groups is 1. The van der Waals surface area contributed by atoms with Gasteiger partial charge in [-0.1, -0.05) is 48.5 Å². The maximum atomic E-state index is 12.9. The van der Waals surface area contributed by atoms with Crippen molar-refractivity contribution in [1.82, 2.24) is 4.90 Å².